The van der Waals surface area contributed by atoms with E-state index < -0.39 is 18.2 Å². The quantitative estimate of drug-likeness (QED) is 0.508. The molecule has 0 atom stereocenters. The van der Waals surface area contributed by atoms with Gasteiger partial charge in [-0.05, 0) is 49.3 Å². The molecule has 4 heterocycles. The lowest BCUT2D eigenvalue weighted by atomic mass is 9.88. The van der Waals surface area contributed by atoms with Crippen LogP contribution in [-0.4, -0.2) is 33.1 Å². The van der Waals surface area contributed by atoms with Crippen LogP contribution in [0.2, 0.25) is 0 Å². The second-order valence-corrected chi connectivity index (χ2v) is 8.25. The molecule has 2 aliphatic heterocycles. The van der Waals surface area contributed by atoms with Crippen molar-refractivity contribution in [3.63, 3.8) is 0 Å². The van der Waals surface area contributed by atoms with Gasteiger partial charge in [-0.3, -0.25) is 19.0 Å². The third-order valence-corrected chi connectivity index (χ3v) is 6.44. The number of nitrogens with zero attached hydrogens (tertiary/aromatic N) is 2. The average molecular weight is 409 g/mol. The number of rotatable bonds is 2. The van der Waals surface area contributed by atoms with Crippen LogP contribution >= 0.6 is 0 Å². The van der Waals surface area contributed by atoms with Crippen LogP contribution in [0.3, 0.4) is 0 Å². The number of aromatic nitrogens is 2. The number of amides is 2. The van der Waals surface area contributed by atoms with E-state index in [-0.39, 0.29) is 11.5 Å². The molecule has 5 rings (SSSR count). The van der Waals surface area contributed by atoms with E-state index in [2.05, 4.69) is 20.9 Å². The van der Waals surface area contributed by atoms with E-state index in [1.54, 1.807) is 16.8 Å². The van der Waals surface area contributed by atoms with Crippen molar-refractivity contribution in [2.75, 3.05) is 17.2 Å². The summed E-state index contributed by atoms with van der Waals surface area (Å²) in [7, 11) is 0. The molecule has 0 unspecified atom stereocenters. The minimum Gasteiger partial charge on any atom is -0.387 e. The van der Waals surface area contributed by atoms with Gasteiger partial charge < -0.3 is 21.1 Å². The Morgan fingerprint density at radius 2 is 2.07 bits per heavy atom. The molecule has 1 aliphatic carbocycles. The van der Waals surface area contributed by atoms with Gasteiger partial charge in [-0.15, -0.1) is 0 Å². The van der Waals surface area contributed by atoms with Gasteiger partial charge in [0.25, 0.3) is 17.4 Å². The summed E-state index contributed by atoms with van der Waals surface area (Å²) < 4.78 is 1.68. The van der Waals surface area contributed by atoms with Crippen molar-refractivity contribution in [2.24, 2.45) is 0 Å². The van der Waals surface area contributed by atoms with Gasteiger partial charge in [0, 0.05) is 24.4 Å². The lowest BCUT2D eigenvalue weighted by Gasteiger charge is -2.36. The van der Waals surface area contributed by atoms with Gasteiger partial charge in [-0.1, -0.05) is 6.42 Å². The van der Waals surface area contributed by atoms with Crippen LogP contribution in [0, 0.1) is 6.92 Å². The Hall–Kier alpha value is -3.20. The van der Waals surface area contributed by atoms with Gasteiger partial charge in [0.15, 0.2) is 0 Å². The van der Waals surface area contributed by atoms with Crippen LogP contribution in [0.5, 0.6) is 0 Å². The first kappa shape index (κ1) is 18.8. The monoisotopic (exact) mass is 409 g/mol. The van der Waals surface area contributed by atoms with E-state index >= 15 is 0 Å². The minimum atomic E-state index is -0.637. The van der Waals surface area contributed by atoms with E-state index in [0.29, 0.717) is 29.3 Å². The summed E-state index contributed by atoms with van der Waals surface area (Å²) in [4.78, 5) is 42.1. The van der Waals surface area contributed by atoms with Crippen LogP contribution in [0.1, 0.15) is 59.3 Å². The number of pyridine rings is 2. The Kier molecular flexibility index (Phi) is 4.18. The van der Waals surface area contributed by atoms with Crippen LogP contribution in [0.15, 0.2) is 17.1 Å². The summed E-state index contributed by atoms with van der Waals surface area (Å²) in [5.74, 6) is -0.446. The van der Waals surface area contributed by atoms with Crippen LogP contribution in [-0.2, 0) is 16.9 Å². The number of anilines is 3. The molecule has 156 valence electrons. The first-order chi connectivity index (χ1) is 14.4. The standard InChI is InChI=1S/C21H23N5O4/c1-11-13-7-12-9-22-15(24-16(28)10-27)8-14(12)23-17(13)20(30)26-18(11)19(29)25-21(26)5-3-2-4-6-21/h8-9,23,27H,2-7,10H2,1H3,(H,25,29)(H,22,24,28). The summed E-state index contributed by atoms with van der Waals surface area (Å²) >= 11 is 0. The van der Waals surface area contributed by atoms with Gasteiger partial charge in [0.1, 0.15) is 29.5 Å². The molecule has 3 aliphatic rings. The fourth-order valence-electron chi connectivity index (χ4n) is 5.00. The number of carbonyl (C=O) groups is 2. The van der Waals surface area contributed by atoms with Crippen molar-refractivity contribution in [1.29, 1.82) is 0 Å². The largest absolute Gasteiger partial charge is 0.387 e. The van der Waals surface area contributed by atoms with Gasteiger partial charge in [-0.2, -0.15) is 0 Å². The van der Waals surface area contributed by atoms with E-state index in [1.807, 2.05) is 6.92 Å². The Bertz CT molecular complexity index is 1150. The molecule has 0 saturated heterocycles. The molecule has 1 spiro atoms. The maximum Gasteiger partial charge on any atom is 0.277 e. The molecule has 0 bridgehead atoms. The number of hydrogen-bond acceptors (Lipinski definition) is 6. The Morgan fingerprint density at radius 1 is 1.30 bits per heavy atom. The fourth-order valence-corrected chi connectivity index (χ4v) is 5.00. The van der Waals surface area contributed by atoms with E-state index in [9.17, 15) is 14.4 Å². The molecule has 2 aromatic heterocycles. The summed E-state index contributed by atoms with van der Waals surface area (Å²) in [6.07, 6.45) is 6.64. The Morgan fingerprint density at radius 3 is 2.80 bits per heavy atom. The predicted octanol–water partition coefficient (Wildman–Crippen LogP) is 1.49. The molecule has 9 heteroatoms. The zero-order valence-electron chi connectivity index (χ0n) is 16.7. The van der Waals surface area contributed by atoms with Crippen molar-refractivity contribution in [3.05, 3.63) is 45.0 Å². The highest BCUT2D eigenvalue weighted by molar-refractivity contribution is 5.98. The summed E-state index contributed by atoms with van der Waals surface area (Å²) in [5, 5.41) is 17.8. The molecule has 9 nitrogen and oxygen atoms in total. The van der Waals surface area contributed by atoms with Crippen LogP contribution in [0.4, 0.5) is 17.2 Å². The number of hydrogen-bond donors (Lipinski definition) is 4. The SMILES string of the molecule is Cc1c2c(c(=O)n3c1C(=O)NC31CCCCC1)Nc1cc(NC(=O)CO)ncc1C2. The number of aliphatic hydroxyl groups is 1. The average Bonchev–Trinajstić information content (AvgIpc) is 3.02. The summed E-state index contributed by atoms with van der Waals surface area (Å²) in [6.45, 7) is 1.26. The smallest absolute Gasteiger partial charge is 0.277 e. The molecule has 2 aromatic rings. The first-order valence-electron chi connectivity index (χ1n) is 10.2. The molecule has 4 N–H and O–H groups in total. The Balaban J connectivity index is 1.62. The van der Waals surface area contributed by atoms with E-state index in [0.717, 1.165) is 48.8 Å². The second kappa shape index (κ2) is 6.66. The number of fused-ring (bicyclic) bond motifs is 4. The molecule has 30 heavy (non-hydrogen) atoms. The zero-order chi connectivity index (χ0) is 21.0. The predicted molar refractivity (Wildman–Crippen MR) is 110 cm³/mol. The maximum absolute atomic E-state index is 13.6. The molecule has 0 radical (unpaired) electrons. The topological polar surface area (TPSA) is 125 Å². The van der Waals surface area contributed by atoms with E-state index in [1.165, 1.54) is 0 Å². The van der Waals surface area contributed by atoms with Crippen LogP contribution in [0.25, 0.3) is 0 Å². The molecule has 1 fully saturated rings. The van der Waals surface area contributed by atoms with Crippen molar-refractivity contribution < 1.29 is 14.7 Å². The third kappa shape index (κ3) is 2.65. The number of carbonyl (C=O) groups excluding carboxylic acids is 2. The molecule has 1 saturated carbocycles. The Labute approximate surface area is 172 Å². The van der Waals surface area contributed by atoms with Crippen LogP contribution < -0.4 is 21.5 Å². The summed E-state index contributed by atoms with van der Waals surface area (Å²) in [5.41, 5.74) is 3.24. The number of nitrogens with one attached hydrogen (secondary N) is 3. The summed E-state index contributed by atoms with van der Waals surface area (Å²) in [6, 6.07) is 1.65. The number of aliphatic hydroxyl groups excluding tert-OH is 1. The molecular weight excluding hydrogens is 386 g/mol. The highest BCUT2D eigenvalue weighted by Gasteiger charge is 2.46. The molecule has 2 amide bonds. The highest BCUT2D eigenvalue weighted by atomic mass is 16.3. The minimum absolute atomic E-state index is 0.180. The van der Waals surface area contributed by atoms with Crippen molar-refractivity contribution in [2.45, 2.75) is 51.1 Å². The van der Waals surface area contributed by atoms with Gasteiger partial charge in [-0.25, -0.2) is 4.98 Å². The van der Waals surface area contributed by atoms with Gasteiger partial charge in [0.2, 0.25) is 0 Å². The molecular formula is C21H23N5O4. The van der Waals surface area contributed by atoms with E-state index in [4.69, 9.17) is 5.11 Å². The lowest BCUT2D eigenvalue weighted by Crippen LogP contribution is -2.49. The third-order valence-electron chi connectivity index (χ3n) is 6.44. The molecule has 0 aromatic carbocycles. The maximum atomic E-state index is 13.6. The second-order valence-electron chi connectivity index (χ2n) is 8.25. The van der Waals surface area contributed by atoms with Crippen molar-refractivity contribution in [1.82, 2.24) is 14.9 Å². The van der Waals surface area contributed by atoms with Gasteiger partial charge >= 0.3 is 0 Å². The highest BCUT2D eigenvalue weighted by Crippen LogP contribution is 2.41. The normalized spacial score (nSPS) is 18.1. The van der Waals surface area contributed by atoms with Crippen molar-refractivity contribution in [3.8, 4) is 0 Å². The fraction of sp³-hybridized carbons (Fsp3) is 0.429. The zero-order valence-corrected chi connectivity index (χ0v) is 16.7. The van der Waals surface area contributed by atoms with Gasteiger partial charge in [0.05, 0.1) is 0 Å². The lowest BCUT2D eigenvalue weighted by molar-refractivity contribution is -0.118. The van der Waals surface area contributed by atoms with Crippen molar-refractivity contribution >= 4 is 29.0 Å². The first-order valence-corrected chi connectivity index (χ1v) is 10.2.